The molecule has 0 amide bonds. The molecule has 0 atom stereocenters. The predicted molar refractivity (Wildman–Crippen MR) is 74.3 cm³/mol. The lowest BCUT2D eigenvalue weighted by Crippen LogP contribution is -1.97. The monoisotopic (exact) mass is 265 g/mol. The minimum Gasteiger partial charge on any atom is -0.478 e. The molecule has 98 valence electrons. The van der Waals surface area contributed by atoms with Crippen molar-refractivity contribution in [2.75, 3.05) is 0 Å². The Morgan fingerprint density at radius 3 is 2.40 bits per heavy atom. The molecule has 4 nitrogen and oxygen atoms in total. The van der Waals surface area contributed by atoms with Crippen molar-refractivity contribution in [2.24, 2.45) is 0 Å². The number of carbonyl (C=O) groups is 1. The second-order valence-corrected chi connectivity index (χ2v) is 4.34. The highest BCUT2D eigenvalue weighted by atomic mass is 16.4. The van der Waals surface area contributed by atoms with Gasteiger partial charge in [-0.3, -0.25) is 0 Å². The fourth-order valence-corrected chi connectivity index (χ4v) is 2.05. The van der Waals surface area contributed by atoms with Gasteiger partial charge in [0, 0.05) is 5.56 Å². The number of oxazole rings is 1. The molecule has 0 bridgehead atoms. The summed E-state index contributed by atoms with van der Waals surface area (Å²) in [6, 6.07) is 14.8. The molecule has 0 aliphatic heterocycles. The van der Waals surface area contributed by atoms with Crippen LogP contribution >= 0.6 is 0 Å². The second kappa shape index (κ2) is 5.01. The zero-order valence-electron chi connectivity index (χ0n) is 10.5. The Balaban J connectivity index is 2.18. The lowest BCUT2D eigenvalue weighted by Gasteiger charge is -2.06. The van der Waals surface area contributed by atoms with Crippen LogP contribution in [-0.2, 0) is 0 Å². The zero-order chi connectivity index (χ0) is 13.9. The maximum Gasteiger partial charge on any atom is 0.335 e. The van der Waals surface area contributed by atoms with Crippen molar-refractivity contribution in [1.82, 2.24) is 4.98 Å². The summed E-state index contributed by atoms with van der Waals surface area (Å²) < 4.78 is 4.96. The van der Waals surface area contributed by atoms with Crippen LogP contribution in [0.2, 0.25) is 0 Å². The number of benzene rings is 2. The molecule has 0 radical (unpaired) electrons. The Hall–Kier alpha value is -2.88. The van der Waals surface area contributed by atoms with Crippen molar-refractivity contribution in [3.05, 3.63) is 66.8 Å². The van der Waals surface area contributed by atoms with Gasteiger partial charge >= 0.3 is 5.97 Å². The van der Waals surface area contributed by atoms with Crippen LogP contribution in [0.25, 0.3) is 22.4 Å². The third kappa shape index (κ3) is 2.31. The standard InChI is InChI=1S/C16H11NO3/c18-16(19)14-7-12(11-4-2-1-3-5-11)6-13(8-14)15-9-20-10-17-15/h1-10H,(H,18,19). The summed E-state index contributed by atoms with van der Waals surface area (Å²) in [5, 5.41) is 9.23. The summed E-state index contributed by atoms with van der Waals surface area (Å²) in [6.45, 7) is 0. The van der Waals surface area contributed by atoms with Crippen LogP contribution in [-0.4, -0.2) is 16.1 Å². The number of hydrogen-bond donors (Lipinski definition) is 1. The van der Waals surface area contributed by atoms with Gasteiger partial charge in [0.2, 0.25) is 0 Å². The first kappa shape index (κ1) is 12.2. The molecule has 0 spiro atoms. The highest BCUT2D eigenvalue weighted by Crippen LogP contribution is 2.27. The van der Waals surface area contributed by atoms with E-state index in [0.717, 1.165) is 16.7 Å². The highest BCUT2D eigenvalue weighted by Gasteiger charge is 2.11. The number of carboxylic acids is 1. The average molecular weight is 265 g/mol. The molecule has 0 fully saturated rings. The minimum atomic E-state index is -0.965. The highest BCUT2D eigenvalue weighted by molar-refractivity contribution is 5.91. The molecular weight excluding hydrogens is 254 g/mol. The first-order chi connectivity index (χ1) is 9.74. The average Bonchev–Trinajstić information content (AvgIpc) is 3.02. The SMILES string of the molecule is O=C(O)c1cc(-c2ccccc2)cc(-c2cocn2)c1. The minimum absolute atomic E-state index is 0.226. The third-order valence-electron chi connectivity index (χ3n) is 3.02. The second-order valence-electron chi connectivity index (χ2n) is 4.34. The van der Waals surface area contributed by atoms with Gasteiger partial charge in [-0.2, -0.15) is 0 Å². The summed E-state index contributed by atoms with van der Waals surface area (Å²) >= 11 is 0. The van der Waals surface area contributed by atoms with Crippen molar-refractivity contribution in [2.45, 2.75) is 0 Å². The van der Waals surface area contributed by atoms with Crippen LogP contribution in [0.4, 0.5) is 0 Å². The van der Waals surface area contributed by atoms with Crippen LogP contribution in [0.3, 0.4) is 0 Å². The lowest BCUT2D eigenvalue weighted by molar-refractivity contribution is 0.0697. The van der Waals surface area contributed by atoms with E-state index in [4.69, 9.17) is 4.42 Å². The number of nitrogens with zero attached hydrogens (tertiary/aromatic N) is 1. The molecule has 1 heterocycles. The van der Waals surface area contributed by atoms with E-state index in [2.05, 4.69) is 4.98 Å². The maximum atomic E-state index is 11.3. The van der Waals surface area contributed by atoms with Crippen molar-refractivity contribution in [3.63, 3.8) is 0 Å². The van der Waals surface area contributed by atoms with Crippen molar-refractivity contribution in [3.8, 4) is 22.4 Å². The maximum absolute atomic E-state index is 11.3. The summed E-state index contributed by atoms with van der Waals surface area (Å²) in [4.78, 5) is 15.3. The quantitative estimate of drug-likeness (QED) is 0.784. The molecular formula is C16H11NO3. The molecule has 1 aromatic heterocycles. The molecule has 4 heteroatoms. The summed E-state index contributed by atoms with van der Waals surface area (Å²) in [7, 11) is 0. The largest absolute Gasteiger partial charge is 0.478 e. The van der Waals surface area contributed by atoms with Gasteiger partial charge in [0.25, 0.3) is 0 Å². The number of carboxylic acid groups (broad SMARTS) is 1. The van der Waals surface area contributed by atoms with Gasteiger partial charge in [-0.1, -0.05) is 30.3 Å². The number of aromatic carboxylic acids is 1. The Labute approximate surface area is 115 Å². The normalized spacial score (nSPS) is 10.4. The van der Waals surface area contributed by atoms with Crippen LogP contribution in [0, 0.1) is 0 Å². The van der Waals surface area contributed by atoms with Crippen LogP contribution in [0.15, 0.2) is 65.6 Å². The molecule has 0 aliphatic rings. The molecule has 1 N–H and O–H groups in total. The number of hydrogen-bond acceptors (Lipinski definition) is 3. The van der Waals surface area contributed by atoms with Crippen LogP contribution in [0.5, 0.6) is 0 Å². The van der Waals surface area contributed by atoms with Gasteiger partial charge in [-0.05, 0) is 29.3 Å². The molecule has 3 aromatic rings. The first-order valence-corrected chi connectivity index (χ1v) is 6.06. The van der Waals surface area contributed by atoms with E-state index in [1.807, 2.05) is 36.4 Å². The van der Waals surface area contributed by atoms with E-state index in [1.54, 1.807) is 12.1 Å². The van der Waals surface area contributed by atoms with E-state index in [9.17, 15) is 9.90 Å². The van der Waals surface area contributed by atoms with E-state index in [1.165, 1.54) is 12.7 Å². The van der Waals surface area contributed by atoms with Crippen molar-refractivity contribution < 1.29 is 14.3 Å². The summed E-state index contributed by atoms with van der Waals surface area (Å²) in [5.41, 5.74) is 3.36. The fourth-order valence-electron chi connectivity index (χ4n) is 2.05. The topological polar surface area (TPSA) is 63.3 Å². The van der Waals surface area contributed by atoms with Crippen molar-refractivity contribution >= 4 is 5.97 Å². The zero-order valence-corrected chi connectivity index (χ0v) is 10.5. The number of rotatable bonds is 3. The van der Waals surface area contributed by atoms with Crippen molar-refractivity contribution in [1.29, 1.82) is 0 Å². The molecule has 0 aliphatic carbocycles. The van der Waals surface area contributed by atoms with Gasteiger partial charge in [-0.15, -0.1) is 0 Å². The van der Waals surface area contributed by atoms with Gasteiger partial charge in [0.15, 0.2) is 6.39 Å². The van der Waals surface area contributed by atoms with Crippen LogP contribution in [0.1, 0.15) is 10.4 Å². The molecule has 2 aromatic carbocycles. The first-order valence-electron chi connectivity index (χ1n) is 6.06. The van der Waals surface area contributed by atoms with E-state index in [0.29, 0.717) is 5.69 Å². The Morgan fingerprint density at radius 2 is 1.75 bits per heavy atom. The van der Waals surface area contributed by atoms with Gasteiger partial charge in [0.05, 0.1) is 5.56 Å². The number of aromatic nitrogens is 1. The predicted octanol–water partition coefficient (Wildman–Crippen LogP) is 3.71. The smallest absolute Gasteiger partial charge is 0.335 e. The Bertz CT molecular complexity index is 734. The molecule has 3 rings (SSSR count). The molecule has 0 unspecified atom stereocenters. The van der Waals surface area contributed by atoms with Crippen LogP contribution < -0.4 is 0 Å². The van der Waals surface area contributed by atoms with Gasteiger partial charge in [-0.25, -0.2) is 9.78 Å². The molecule has 0 saturated carbocycles. The molecule has 20 heavy (non-hydrogen) atoms. The Morgan fingerprint density at radius 1 is 1.00 bits per heavy atom. The summed E-state index contributed by atoms with van der Waals surface area (Å²) in [5.74, 6) is -0.965. The summed E-state index contributed by atoms with van der Waals surface area (Å²) in [6.07, 6.45) is 2.82. The third-order valence-corrected chi connectivity index (χ3v) is 3.02. The van der Waals surface area contributed by atoms with E-state index < -0.39 is 5.97 Å². The lowest BCUT2D eigenvalue weighted by atomic mass is 9.99. The van der Waals surface area contributed by atoms with E-state index in [-0.39, 0.29) is 5.56 Å². The Kier molecular flexibility index (Phi) is 3.05. The van der Waals surface area contributed by atoms with E-state index >= 15 is 0 Å². The molecule has 0 saturated heterocycles. The van der Waals surface area contributed by atoms with Gasteiger partial charge in [0.1, 0.15) is 12.0 Å². The van der Waals surface area contributed by atoms with Gasteiger partial charge < -0.3 is 9.52 Å². The fraction of sp³-hybridized carbons (Fsp3) is 0.